The summed E-state index contributed by atoms with van der Waals surface area (Å²) in [5.74, 6) is 0.0704. The van der Waals surface area contributed by atoms with Gasteiger partial charge in [0.25, 0.3) is 11.9 Å². The Labute approximate surface area is 507 Å². The SMILES string of the molecule is CCC(C)C(c1ccc(C(F)(F)F)cc1CN(Cc1cc(C(F)(F)F)cc(C(F)(F)F)c1)c1nnn(C)n1)N1CCC(O)C1.CCCC1CCN(C(c2ccc(C(F)(F)F)cc2CN(Cc2cc(C(F)(F)F)cc(C(F)(F)F)c2)c2nnn(C)n2)C(C)C)CC1. The van der Waals surface area contributed by atoms with Crippen molar-refractivity contribution in [3.63, 3.8) is 0 Å². The molecule has 2 aliphatic heterocycles. The number of rotatable bonds is 19. The first-order valence-corrected chi connectivity index (χ1v) is 28.8. The number of tetrazole rings is 2. The fraction of sp³-hybridized carbons (Fsp3) is 0.559. The van der Waals surface area contributed by atoms with E-state index in [0.29, 0.717) is 60.7 Å². The Morgan fingerprint density at radius 2 is 0.867 bits per heavy atom. The molecule has 13 nitrogen and oxygen atoms in total. The fourth-order valence-electron chi connectivity index (χ4n) is 11.7. The lowest BCUT2D eigenvalue weighted by molar-refractivity contribution is -0.144. The molecule has 496 valence electrons. The quantitative estimate of drug-likeness (QED) is 0.0781. The van der Waals surface area contributed by atoms with Gasteiger partial charge in [0.2, 0.25) is 0 Å². The number of piperidine rings is 1. The zero-order valence-corrected chi connectivity index (χ0v) is 49.9. The average Bonchev–Trinajstić information content (AvgIpc) is 2.23. The molecular weight excluding hydrogens is 1230 g/mol. The summed E-state index contributed by atoms with van der Waals surface area (Å²) in [6, 6.07) is 8.21. The van der Waals surface area contributed by atoms with Crippen molar-refractivity contribution in [3.05, 3.63) is 140 Å². The fourth-order valence-corrected chi connectivity index (χ4v) is 11.7. The molecule has 2 saturated heterocycles. The number of aliphatic hydroxyl groups excluding tert-OH is 1. The van der Waals surface area contributed by atoms with Gasteiger partial charge in [-0.25, -0.2) is 0 Å². The van der Waals surface area contributed by atoms with Gasteiger partial charge in [0.1, 0.15) is 0 Å². The number of β-amino-alcohol motifs (C(OH)–C–C–N with tert-alkyl or cyclic N) is 1. The van der Waals surface area contributed by atoms with Gasteiger partial charge in [0.15, 0.2) is 0 Å². The minimum absolute atomic E-state index is 0.000521. The van der Waals surface area contributed by atoms with Crippen molar-refractivity contribution in [2.75, 3.05) is 36.0 Å². The van der Waals surface area contributed by atoms with Crippen molar-refractivity contribution in [2.45, 2.75) is 155 Å². The molecule has 8 rings (SSSR count). The third-order valence-electron chi connectivity index (χ3n) is 16.0. The van der Waals surface area contributed by atoms with Gasteiger partial charge in [-0.3, -0.25) is 9.80 Å². The lowest BCUT2D eigenvalue weighted by Gasteiger charge is -2.41. The standard InChI is InChI=1S/C31H37F9N6.C28H31F9N6O/c1-5-6-20-9-11-45(12-10-20)27(19(2)3)26-8-7-23(29(32,33)34)15-22(26)18-46(28-41-43-44(4)42-28)17-21-13-24(30(35,36)37)16-25(14-21)31(38,39)40;1-4-16(2)24(42-8-7-22(44)15-42)23-6-5-19(26(29,30)31)11-18(23)14-43(25-38-40-41(3)39-25)13-17-9-20(27(32,33)34)12-21(10-17)28(35,36)37/h7-8,13-16,19-20,27H,5-6,9-12,17-18H2,1-4H3;5-6,9-12,16,22,24,44H,4,7-8,13-15H2,1-3H3. The number of alkyl halides is 18. The van der Waals surface area contributed by atoms with Crippen LogP contribution in [0.1, 0.15) is 152 Å². The second-order valence-corrected chi connectivity index (χ2v) is 23.2. The topological polar surface area (TPSA) is 120 Å². The van der Waals surface area contributed by atoms with Crippen LogP contribution in [-0.4, -0.2) is 87.6 Å². The Kier molecular flexibility index (Phi) is 22.0. The van der Waals surface area contributed by atoms with Gasteiger partial charge in [-0.15, -0.1) is 10.2 Å². The number of nitrogens with zero attached hydrogens (tertiary/aromatic N) is 12. The van der Waals surface area contributed by atoms with Crippen molar-refractivity contribution in [2.24, 2.45) is 31.8 Å². The van der Waals surface area contributed by atoms with Crippen molar-refractivity contribution >= 4 is 11.9 Å². The lowest BCUT2D eigenvalue weighted by atomic mass is 9.85. The van der Waals surface area contributed by atoms with E-state index in [4.69, 9.17) is 0 Å². The molecule has 4 atom stereocenters. The van der Waals surface area contributed by atoms with E-state index in [1.807, 2.05) is 32.6 Å². The molecule has 1 N–H and O–H groups in total. The summed E-state index contributed by atoms with van der Waals surface area (Å²) in [5.41, 5.74) is -7.35. The van der Waals surface area contributed by atoms with Crippen LogP contribution in [0, 0.1) is 17.8 Å². The van der Waals surface area contributed by atoms with Crippen LogP contribution in [0.15, 0.2) is 72.8 Å². The predicted octanol–water partition coefficient (Wildman–Crippen LogP) is 15.3. The maximum absolute atomic E-state index is 14.0. The Morgan fingerprint density at radius 3 is 1.18 bits per heavy atom. The molecular formula is C59H68F18N12O. The molecule has 0 radical (unpaired) electrons. The number of halogens is 18. The molecule has 4 unspecified atom stereocenters. The highest BCUT2D eigenvalue weighted by Crippen LogP contribution is 2.44. The van der Waals surface area contributed by atoms with E-state index in [1.54, 1.807) is 0 Å². The molecule has 0 amide bonds. The van der Waals surface area contributed by atoms with Gasteiger partial charge in [-0.2, -0.15) is 88.6 Å². The summed E-state index contributed by atoms with van der Waals surface area (Å²) >= 11 is 0. The van der Waals surface area contributed by atoms with Crippen LogP contribution in [-0.2, 0) is 77.3 Å². The minimum atomic E-state index is -5.09. The van der Waals surface area contributed by atoms with Crippen LogP contribution >= 0.6 is 0 Å². The zero-order valence-electron chi connectivity index (χ0n) is 49.9. The number of aliphatic hydroxyl groups is 1. The lowest BCUT2D eigenvalue weighted by Crippen LogP contribution is -2.39. The molecule has 6 aromatic rings. The van der Waals surface area contributed by atoms with Crippen molar-refractivity contribution < 1.29 is 84.1 Å². The van der Waals surface area contributed by atoms with Gasteiger partial charge in [0, 0.05) is 51.4 Å². The van der Waals surface area contributed by atoms with Crippen LogP contribution < -0.4 is 9.80 Å². The highest BCUT2D eigenvalue weighted by molar-refractivity contribution is 5.44. The first-order chi connectivity index (χ1) is 41.7. The molecule has 0 saturated carbocycles. The van der Waals surface area contributed by atoms with Crippen LogP contribution in [0.2, 0.25) is 0 Å². The second-order valence-electron chi connectivity index (χ2n) is 23.2. The molecule has 2 aliphatic rings. The van der Waals surface area contributed by atoms with E-state index < -0.39 is 108 Å². The van der Waals surface area contributed by atoms with E-state index in [1.165, 1.54) is 36.0 Å². The Balaban J connectivity index is 0.000000256. The molecule has 2 fully saturated rings. The number of aromatic nitrogens is 8. The maximum atomic E-state index is 14.0. The molecule has 31 heteroatoms. The predicted molar refractivity (Wildman–Crippen MR) is 294 cm³/mol. The van der Waals surface area contributed by atoms with E-state index in [2.05, 4.69) is 42.6 Å². The number of anilines is 2. The molecule has 90 heavy (non-hydrogen) atoms. The smallest absolute Gasteiger partial charge is 0.392 e. The van der Waals surface area contributed by atoms with Crippen molar-refractivity contribution in [1.29, 1.82) is 0 Å². The molecule has 2 aromatic heterocycles. The number of benzene rings is 4. The van der Waals surface area contributed by atoms with Gasteiger partial charge < -0.3 is 14.9 Å². The van der Waals surface area contributed by atoms with Gasteiger partial charge in [0.05, 0.1) is 53.6 Å². The first kappa shape index (κ1) is 70.7. The highest BCUT2D eigenvalue weighted by atomic mass is 19.4. The highest BCUT2D eigenvalue weighted by Gasteiger charge is 2.41. The van der Waals surface area contributed by atoms with Crippen LogP contribution in [0.5, 0.6) is 0 Å². The van der Waals surface area contributed by atoms with Crippen LogP contribution in [0.4, 0.5) is 90.9 Å². The summed E-state index contributed by atoms with van der Waals surface area (Å²) in [4.78, 5) is 8.70. The first-order valence-electron chi connectivity index (χ1n) is 28.8. The van der Waals surface area contributed by atoms with Gasteiger partial charge in [-0.05, 0) is 155 Å². The number of hydrogen-bond donors (Lipinski definition) is 1. The number of likely N-dealkylation sites (tertiary alicyclic amines) is 2. The molecule has 0 spiro atoms. The molecule has 4 aromatic carbocycles. The van der Waals surface area contributed by atoms with E-state index in [0.717, 1.165) is 72.6 Å². The van der Waals surface area contributed by atoms with Crippen LogP contribution in [0.25, 0.3) is 0 Å². The van der Waals surface area contributed by atoms with Crippen LogP contribution in [0.3, 0.4) is 0 Å². The molecule has 0 bridgehead atoms. The third-order valence-corrected chi connectivity index (χ3v) is 16.0. The Morgan fingerprint density at radius 1 is 0.489 bits per heavy atom. The summed E-state index contributed by atoms with van der Waals surface area (Å²) < 4.78 is 247. The molecule has 4 heterocycles. The van der Waals surface area contributed by atoms with Gasteiger partial charge >= 0.3 is 37.1 Å². The summed E-state index contributed by atoms with van der Waals surface area (Å²) in [6.07, 6.45) is -25.2. The second kappa shape index (κ2) is 28.0. The van der Waals surface area contributed by atoms with Crippen molar-refractivity contribution in [3.8, 4) is 0 Å². The number of aryl methyl sites for hydroxylation is 2. The number of hydrogen-bond acceptors (Lipinski definition) is 11. The molecule has 0 aliphatic carbocycles. The normalized spacial score (nSPS) is 17.2. The van der Waals surface area contributed by atoms with E-state index in [9.17, 15) is 84.1 Å². The van der Waals surface area contributed by atoms with Crippen molar-refractivity contribution in [1.82, 2.24) is 50.2 Å². The average molecular weight is 1300 g/mol. The van der Waals surface area contributed by atoms with Gasteiger partial charge in [-0.1, -0.05) is 76.2 Å². The summed E-state index contributed by atoms with van der Waals surface area (Å²) in [7, 11) is 2.79. The monoisotopic (exact) mass is 1300 g/mol. The minimum Gasteiger partial charge on any atom is -0.392 e. The Bertz CT molecular complexity index is 3260. The summed E-state index contributed by atoms with van der Waals surface area (Å²) in [5, 5.41) is 33.5. The van der Waals surface area contributed by atoms with E-state index >= 15 is 0 Å². The largest absolute Gasteiger partial charge is 0.416 e. The van der Waals surface area contributed by atoms with E-state index in [-0.39, 0.29) is 71.7 Å². The third kappa shape index (κ3) is 18.3. The Hall–Kier alpha value is -6.76. The maximum Gasteiger partial charge on any atom is 0.416 e. The zero-order chi connectivity index (χ0) is 66.6. The summed E-state index contributed by atoms with van der Waals surface area (Å²) in [6.45, 7) is 10.2.